The summed E-state index contributed by atoms with van der Waals surface area (Å²) in [5.41, 5.74) is 7.77. The van der Waals surface area contributed by atoms with Crippen LogP contribution in [0.5, 0.6) is 0 Å². The van der Waals surface area contributed by atoms with Crippen molar-refractivity contribution in [2.75, 3.05) is 5.73 Å². The van der Waals surface area contributed by atoms with Crippen LogP contribution >= 0.6 is 11.6 Å². The van der Waals surface area contributed by atoms with Crippen LogP contribution in [-0.4, -0.2) is 9.55 Å². The van der Waals surface area contributed by atoms with Crippen molar-refractivity contribution in [3.63, 3.8) is 0 Å². The van der Waals surface area contributed by atoms with Crippen LogP contribution in [0.4, 0.5) is 5.82 Å². The van der Waals surface area contributed by atoms with E-state index in [2.05, 4.69) is 4.98 Å². The predicted octanol–water partition coefficient (Wildman–Crippen LogP) is 3.77. The monoisotopic (exact) mass is 269 g/mol. The molecule has 0 aliphatic rings. The SMILES string of the molecule is Nc1nc(-c2ccccc2)n(-c2ccccc2)c1Cl. The maximum Gasteiger partial charge on any atom is 0.162 e. The van der Waals surface area contributed by atoms with Crippen LogP contribution in [-0.2, 0) is 0 Å². The number of nitrogens with two attached hydrogens (primary N) is 1. The maximum atomic E-state index is 6.27. The molecule has 3 rings (SSSR count). The number of hydrogen-bond donors (Lipinski definition) is 1. The van der Waals surface area contributed by atoms with Gasteiger partial charge < -0.3 is 5.73 Å². The van der Waals surface area contributed by atoms with Gasteiger partial charge in [0.25, 0.3) is 0 Å². The van der Waals surface area contributed by atoms with E-state index in [1.54, 1.807) is 0 Å². The number of para-hydroxylation sites is 1. The Balaban J connectivity index is 2.25. The molecule has 94 valence electrons. The molecule has 19 heavy (non-hydrogen) atoms. The van der Waals surface area contributed by atoms with Gasteiger partial charge in [0.05, 0.1) is 0 Å². The van der Waals surface area contributed by atoms with Crippen molar-refractivity contribution in [3.05, 3.63) is 65.8 Å². The van der Waals surface area contributed by atoms with Crippen LogP contribution in [0.1, 0.15) is 0 Å². The van der Waals surface area contributed by atoms with Gasteiger partial charge in [-0.05, 0) is 12.1 Å². The van der Waals surface area contributed by atoms with E-state index in [-0.39, 0.29) is 0 Å². The lowest BCUT2D eigenvalue weighted by Crippen LogP contribution is -1.97. The summed E-state index contributed by atoms with van der Waals surface area (Å²) < 4.78 is 1.85. The molecular weight excluding hydrogens is 258 g/mol. The number of nitrogen functional groups attached to an aromatic ring is 1. The summed E-state index contributed by atoms with van der Waals surface area (Å²) in [6, 6.07) is 19.7. The van der Waals surface area contributed by atoms with E-state index < -0.39 is 0 Å². The Morgan fingerprint density at radius 2 is 1.47 bits per heavy atom. The highest BCUT2D eigenvalue weighted by Crippen LogP contribution is 2.30. The van der Waals surface area contributed by atoms with E-state index in [1.807, 2.05) is 65.2 Å². The summed E-state index contributed by atoms with van der Waals surface area (Å²) in [5, 5.41) is 0.435. The zero-order valence-corrected chi connectivity index (χ0v) is 10.9. The van der Waals surface area contributed by atoms with Crippen molar-refractivity contribution in [1.82, 2.24) is 9.55 Å². The molecule has 0 atom stereocenters. The third-order valence-electron chi connectivity index (χ3n) is 2.89. The molecule has 1 heterocycles. The van der Waals surface area contributed by atoms with Gasteiger partial charge in [-0.3, -0.25) is 4.57 Å². The minimum Gasteiger partial charge on any atom is -0.381 e. The average Bonchev–Trinajstić information content (AvgIpc) is 2.77. The summed E-state index contributed by atoms with van der Waals surface area (Å²) in [6.07, 6.45) is 0. The topological polar surface area (TPSA) is 43.8 Å². The molecule has 0 unspecified atom stereocenters. The Morgan fingerprint density at radius 1 is 0.895 bits per heavy atom. The highest BCUT2D eigenvalue weighted by atomic mass is 35.5. The second-order valence-electron chi connectivity index (χ2n) is 4.15. The van der Waals surface area contributed by atoms with Crippen LogP contribution in [0.15, 0.2) is 60.7 Å². The van der Waals surface area contributed by atoms with Gasteiger partial charge in [0.2, 0.25) is 0 Å². The van der Waals surface area contributed by atoms with Crippen LogP contribution in [0, 0.1) is 0 Å². The highest BCUT2D eigenvalue weighted by Gasteiger charge is 2.15. The predicted molar refractivity (Wildman–Crippen MR) is 78.4 cm³/mol. The molecule has 0 aliphatic carbocycles. The minimum atomic E-state index is 0.337. The lowest BCUT2D eigenvalue weighted by atomic mass is 10.2. The summed E-state index contributed by atoms with van der Waals surface area (Å²) in [4.78, 5) is 4.37. The van der Waals surface area contributed by atoms with E-state index in [0.29, 0.717) is 11.0 Å². The smallest absolute Gasteiger partial charge is 0.162 e. The summed E-state index contributed by atoms with van der Waals surface area (Å²) in [5.74, 6) is 1.08. The Morgan fingerprint density at radius 3 is 2.11 bits per heavy atom. The van der Waals surface area contributed by atoms with Gasteiger partial charge in [0, 0.05) is 11.3 Å². The van der Waals surface area contributed by atoms with Gasteiger partial charge >= 0.3 is 0 Å². The highest BCUT2D eigenvalue weighted by molar-refractivity contribution is 6.32. The quantitative estimate of drug-likeness (QED) is 0.769. The molecule has 2 N–H and O–H groups in total. The van der Waals surface area contributed by atoms with E-state index in [9.17, 15) is 0 Å². The first-order chi connectivity index (χ1) is 9.27. The standard InChI is InChI=1S/C15H12ClN3/c16-13-14(17)18-15(11-7-3-1-4-8-11)19(13)12-9-5-2-6-10-12/h1-10H,17H2. The van der Waals surface area contributed by atoms with Crippen molar-refractivity contribution in [2.24, 2.45) is 0 Å². The Hall–Kier alpha value is -2.26. The largest absolute Gasteiger partial charge is 0.381 e. The fourth-order valence-corrected chi connectivity index (χ4v) is 2.23. The van der Waals surface area contributed by atoms with E-state index in [0.717, 1.165) is 17.1 Å². The third-order valence-corrected chi connectivity index (χ3v) is 3.25. The Bertz CT molecular complexity index is 690. The van der Waals surface area contributed by atoms with Gasteiger partial charge in [0.15, 0.2) is 11.0 Å². The van der Waals surface area contributed by atoms with Gasteiger partial charge in [-0.25, -0.2) is 4.98 Å². The van der Waals surface area contributed by atoms with Gasteiger partial charge in [-0.2, -0.15) is 0 Å². The van der Waals surface area contributed by atoms with Gasteiger partial charge in [0.1, 0.15) is 5.82 Å². The number of imidazole rings is 1. The number of rotatable bonds is 2. The summed E-state index contributed by atoms with van der Waals surface area (Å²) in [6.45, 7) is 0. The van der Waals surface area contributed by atoms with Crippen molar-refractivity contribution in [3.8, 4) is 17.1 Å². The lowest BCUT2D eigenvalue weighted by Gasteiger charge is -2.08. The number of benzene rings is 2. The van der Waals surface area contributed by atoms with Gasteiger partial charge in [-0.15, -0.1) is 0 Å². The van der Waals surface area contributed by atoms with Crippen LogP contribution in [0.3, 0.4) is 0 Å². The van der Waals surface area contributed by atoms with E-state index in [4.69, 9.17) is 17.3 Å². The van der Waals surface area contributed by atoms with Crippen LogP contribution in [0.2, 0.25) is 5.15 Å². The Labute approximate surface area is 116 Å². The molecule has 1 aromatic heterocycles. The molecule has 0 amide bonds. The van der Waals surface area contributed by atoms with Crippen LogP contribution in [0.25, 0.3) is 17.1 Å². The first kappa shape index (κ1) is 11.8. The number of hydrogen-bond acceptors (Lipinski definition) is 2. The third kappa shape index (κ3) is 2.09. The molecule has 0 spiro atoms. The first-order valence-corrected chi connectivity index (χ1v) is 6.30. The van der Waals surface area contributed by atoms with Crippen molar-refractivity contribution in [1.29, 1.82) is 0 Å². The molecule has 3 aromatic rings. The van der Waals surface area contributed by atoms with Crippen LogP contribution < -0.4 is 5.73 Å². The Kier molecular flexibility index (Phi) is 2.97. The zero-order valence-electron chi connectivity index (χ0n) is 10.1. The average molecular weight is 270 g/mol. The zero-order chi connectivity index (χ0) is 13.2. The number of halogens is 1. The molecule has 3 nitrogen and oxygen atoms in total. The molecule has 0 saturated heterocycles. The van der Waals surface area contributed by atoms with Crippen molar-refractivity contribution in [2.45, 2.75) is 0 Å². The molecular formula is C15H12ClN3. The fraction of sp³-hybridized carbons (Fsp3) is 0. The van der Waals surface area contributed by atoms with Crippen molar-refractivity contribution < 1.29 is 0 Å². The summed E-state index contributed by atoms with van der Waals surface area (Å²) >= 11 is 6.27. The molecule has 0 bridgehead atoms. The molecule has 0 fully saturated rings. The molecule has 0 radical (unpaired) electrons. The van der Waals surface area contributed by atoms with E-state index in [1.165, 1.54) is 0 Å². The molecule has 2 aromatic carbocycles. The molecule has 0 aliphatic heterocycles. The van der Waals surface area contributed by atoms with Crippen molar-refractivity contribution >= 4 is 17.4 Å². The van der Waals surface area contributed by atoms with Gasteiger partial charge in [-0.1, -0.05) is 60.1 Å². The lowest BCUT2D eigenvalue weighted by molar-refractivity contribution is 1.07. The minimum absolute atomic E-state index is 0.337. The first-order valence-electron chi connectivity index (χ1n) is 5.92. The van der Waals surface area contributed by atoms with E-state index >= 15 is 0 Å². The second kappa shape index (κ2) is 4.78. The molecule has 0 saturated carbocycles. The molecule has 4 heteroatoms. The maximum absolute atomic E-state index is 6.27. The second-order valence-corrected chi connectivity index (χ2v) is 4.51. The normalized spacial score (nSPS) is 10.6. The number of anilines is 1. The fourth-order valence-electron chi connectivity index (χ4n) is 2.01. The number of nitrogens with zero attached hydrogens (tertiary/aromatic N) is 2. The summed E-state index contributed by atoms with van der Waals surface area (Å²) in [7, 11) is 0. The number of aromatic nitrogens is 2.